The maximum atomic E-state index is 12.0. The first-order valence-corrected chi connectivity index (χ1v) is 6.83. The Morgan fingerprint density at radius 1 is 1.38 bits per heavy atom. The number of rotatable bonds is 5. The Kier molecular flexibility index (Phi) is 5.07. The number of anilines is 2. The van der Waals surface area contributed by atoms with Crippen LogP contribution in [-0.4, -0.2) is 23.0 Å². The van der Waals surface area contributed by atoms with Gasteiger partial charge in [0.25, 0.3) is 0 Å². The van der Waals surface area contributed by atoms with E-state index in [4.69, 9.17) is 10.6 Å². The van der Waals surface area contributed by atoms with Gasteiger partial charge in [-0.15, -0.1) is 0 Å². The van der Waals surface area contributed by atoms with Gasteiger partial charge in [-0.25, -0.2) is 15.6 Å². The Morgan fingerprint density at radius 2 is 2.10 bits per heavy atom. The van der Waals surface area contributed by atoms with Crippen LogP contribution in [-0.2, 0) is 9.53 Å². The second-order valence-electron chi connectivity index (χ2n) is 4.05. The van der Waals surface area contributed by atoms with Crippen LogP contribution in [0, 0.1) is 0 Å². The molecule has 1 heterocycles. The lowest BCUT2D eigenvalue weighted by Gasteiger charge is -2.18. The lowest BCUT2D eigenvalue weighted by Crippen LogP contribution is -2.23. The van der Waals surface area contributed by atoms with Gasteiger partial charge in [0.05, 0.1) is 11.6 Å². The Labute approximate surface area is 130 Å². The van der Waals surface area contributed by atoms with E-state index in [0.29, 0.717) is 10.3 Å². The van der Waals surface area contributed by atoms with Crippen molar-refractivity contribution in [3.63, 3.8) is 0 Å². The number of hydrogen-bond acceptors (Lipinski definition) is 7. The Hall–Kier alpha value is -2.19. The highest BCUT2D eigenvalue weighted by Gasteiger charge is 2.22. The molecule has 110 valence electrons. The van der Waals surface area contributed by atoms with Crippen LogP contribution < -0.4 is 16.6 Å². The van der Waals surface area contributed by atoms with Gasteiger partial charge in [0.2, 0.25) is 5.95 Å². The van der Waals surface area contributed by atoms with E-state index < -0.39 is 12.0 Å². The molecular weight excluding hydrogens is 338 g/mol. The average Bonchev–Trinajstić information content (AvgIpc) is 2.54. The molecule has 0 bridgehead atoms. The zero-order chi connectivity index (χ0) is 15.2. The van der Waals surface area contributed by atoms with Crippen LogP contribution in [0.2, 0.25) is 0 Å². The molecule has 4 N–H and O–H groups in total. The number of esters is 1. The van der Waals surface area contributed by atoms with Crippen molar-refractivity contribution >= 4 is 33.7 Å². The van der Waals surface area contributed by atoms with Crippen LogP contribution >= 0.6 is 15.9 Å². The number of ether oxygens (including phenoxy) is 1. The molecule has 0 spiro atoms. The molecule has 1 aromatic heterocycles. The number of nitrogen functional groups attached to an aromatic ring is 1. The van der Waals surface area contributed by atoms with E-state index in [-0.39, 0.29) is 5.95 Å². The molecule has 0 saturated heterocycles. The summed E-state index contributed by atoms with van der Waals surface area (Å²) >= 11 is 3.32. The molecule has 1 atom stereocenters. The highest BCUT2D eigenvalue weighted by molar-refractivity contribution is 9.10. The molecule has 2 rings (SSSR count). The molecule has 1 unspecified atom stereocenters. The standard InChI is InChI=1S/C13H14BrN5O2/c1-21-12(20)10(8-5-3-2-4-6-8)17-11-9(14)7-16-13(18-11)19-15/h2-7,10H,15H2,1H3,(H2,16,17,18,19). The van der Waals surface area contributed by atoms with Crippen molar-refractivity contribution in [3.05, 3.63) is 46.6 Å². The van der Waals surface area contributed by atoms with Crippen molar-refractivity contribution in [1.29, 1.82) is 0 Å². The zero-order valence-electron chi connectivity index (χ0n) is 11.2. The molecule has 21 heavy (non-hydrogen) atoms. The number of nitrogens with zero attached hydrogens (tertiary/aromatic N) is 2. The fourth-order valence-corrected chi connectivity index (χ4v) is 2.02. The molecular formula is C13H14BrN5O2. The fraction of sp³-hybridized carbons (Fsp3) is 0.154. The minimum absolute atomic E-state index is 0.234. The van der Waals surface area contributed by atoms with Crippen molar-refractivity contribution in [1.82, 2.24) is 9.97 Å². The number of halogens is 1. The molecule has 8 heteroatoms. The highest BCUT2D eigenvalue weighted by Crippen LogP contribution is 2.25. The summed E-state index contributed by atoms with van der Waals surface area (Å²) in [6.45, 7) is 0. The fourth-order valence-electron chi connectivity index (χ4n) is 1.72. The van der Waals surface area contributed by atoms with Crippen molar-refractivity contribution in [2.24, 2.45) is 5.84 Å². The van der Waals surface area contributed by atoms with Crippen molar-refractivity contribution in [2.75, 3.05) is 17.9 Å². The van der Waals surface area contributed by atoms with Crippen LogP contribution in [0.4, 0.5) is 11.8 Å². The molecule has 0 aliphatic rings. The summed E-state index contributed by atoms with van der Waals surface area (Å²) in [6, 6.07) is 8.52. The van der Waals surface area contributed by atoms with E-state index in [2.05, 4.69) is 36.6 Å². The first-order valence-electron chi connectivity index (χ1n) is 6.04. The van der Waals surface area contributed by atoms with Crippen LogP contribution in [0.5, 0.6) is 0 Å². The topological polar surface area (TPSA) is 102 Å². The third-order valence-corrected chi connectivity index (χ3v) is 3.30. The lowest BCUT2D eigenvalue weighted by molar-refractivity contribution is -0.141. The minimum Gasteiger partial charge on any atom is -0.467 e. The Morgan fingerprint density at radius 3 is 2.71 bits per heavy atom. The molecule has 0 saturated carbocycles. The molecule has 7 nitrogen and oxygen atoms in total. The number of hydrogen-bond donors (Lipinski definition) is 3. The van der Waals surface area contributed by atoms with Gasteiger partial charge in [-0.3, -0.25) is 5.43 Å². The van der Waals surface area contributed by atoms with Gasteiger partial charge in [0.1, 0.15) is 5.82 Å². The van der Waals surface area contributed by atoms with Crippen LogP contribution in [0.3, 0.4) is 0 Å². The van der Waals surface area contributed by atoms with Crippen LogP contribution in [0.15, 0.2) is 41.0 Å². The summed E-state index contributed by atoms with van der Waals surface area (Å²) in [5.74, 6) is 5.53. The molecule has 0 aliphatic heterocycles. The van der Waals surface area contributed by atoms with E-state index >= 15 is 0 Å². The largest absolute Gasteiger partial charge is 0.467 e. The SMILES string of the molecule is COC(=O)C(Nc1nc(NN)ncc1Br)c1ccccc1. The smallest absolute Gasteiger partial charge is 0.333 e. The summed E-state index contributed by atoms with van der Waals surface area (Å²) in [5, 5.41) is 3.02. The summed E-state index contributed by atoms with van der Waals surface area (Å²) < 4.78 is 5.44. The van der Waals surface area contributed by atoms with E-state index in [1.54, 1.807) is 0 Å². The second kappa shape index (κ2) is 7.00. The van der Waals surface area contributed by atoms with Gasteiger partial charge in [-0.2, -0.15) is 4.98 Å². The summed E-state index contributed by atoms with van der Waals surface area (Å²) in [7, 11) is 1.34. The van der Waals surface area contributed by atoms with Crippen molar-refractivity contribution in [2.45, 2.75) is 6.04 Å². The molecule has 0 fully saturated rings. The monoisotopic (exact) mass is 351 g/mol. The molecule has 1 aromatic carbocycles. The number of nitrogens with two attached hydrogens (primary N) is 1. The third kappa shape index (κ3) is 3.67. The number of hydrazine groups is 1. The first kappa shape index (κ1) is 15.2. The maximum absolute atomic E-state index is 12.0. The number of benzene rings is 1. The molecule has 2 aromatic rings. The van der Waals surface area contributed by atoms with Gasteiger partial charge in [0, 0.05) is 6.20 Å². The Bertz CT molecular complexity index is 623. The summed E-state index contributed by atoms with van der Waals surface area (Å²) in [6.07, 6.45) is 1.53. The van der Waals surface area contributed by atoms with Gasteiger partial charge >= 0.3 is 5.97 Å². The highest BCUT2D eigenvalue weighted by atomic mass is 79.9. The number of methoxy groups -OCH3 is 1. The second-order valence-corrected chi connectivity index (χ2v) is 4.90. The predicted octanol–water partition coefficient (Wildman–Crippen LogP) is 1.85. The van der Waals surface area contributed by atoms with Gasteiger partial charge in [-0.1, -0.05) is 30.3 Å². The minimum atomic E-state index is -0.687. The zero-order valence-corrected chi connectivity index (χ0v) is 12.8. The summed E-state index contributed by atoms with van der Waals surface area (Å²) in [4.78, 5) is 20.1. The quantitative estimate of drug-likeness (QED) is 0.429. The van der Waals surface area contributed by atoms with E-state index in [9.17, 15) is 4.79 Å². The third-order valence-electron chi connectivity index (χ3n) is 2.72. The molecule has 0 amide bonds. The molecule has 0 radical (unpaired) electrons. The van der Waals surface area contributed by atoms with Gasteiger partial charge in [0.15, 0.2) is 6.04 Å². The predicted molar refractivity (Wildman–Crippen MR) is 82.4 cm³/mol. The van der Waals surface area contributed by atoms with E-state index in [0.717, 1.165) is 5.56 Å². The maximum Gasteiger partial charge on any atom is 0.333 e. The average molecular weight is 352 g/mol. The van der Waals surface area contributed by atoms with E-state index in [1.807, 2.05) is 30.3 Å². The van der Waals surface area contributed by atoms with Crippen LogP contribution in [0.25, 0.3) is 0 Å². The summed E-state index contributed by atoms with van der Waals surface area (Å²) in [5.41, 5.74) is 3.11. The normalized spacial score (nSPS) is 11.6. The van der Waals surface area contributed by atoms with Crippen molar-refractivity contribution < 1.29 is 9.53 Å². The van der Waals surface area contributed by atoms with E-state index in [1.165, 1.54) is 13.3 Å². The Balaban J connectivity index is 2.34. The van der Waals surface area contributed by atoms with Gasteiger partial charge in [-0.05, 0) is 21.5 Å². The lowest BCUT2D eigenvalue weighted by atomic mass is 10.1. The number of nitrogens with one attached hydrogen (secondary N) is 2. The van der Waals surface area contributed by atoms with Gasteiger partial charge < -0.3 is 10.1 Å². The van der Waals surface area contributed by atoms with Crippen molar-refractivity contribution in [3.8, 4) is 0 Å². The number of carbonyl (C=O) groups excluding carboxylic acids is 1. The first-order chi connectivity index (χ1) is 10.2. The molecule has 0 aliphatic carbocycles. The number of carbonyl (C=O) groups is 1. The van der Waals surface area contributed by atoms with Crippen LogP contribution in [0.1, 0.15) is 11.6 Å². The number of aromatic nitrogens is 2.